The van der Waals surface area contributed by atoms with Crippen LogP contribution in [0.4, 0.5) is 0 Å². The summed E-state index contributed by atoms with van der Waals surface area (Å²) < 4.78 is 8.62. The van der Waals surface area contributed by atoms with Crippen LogP contribution in [0.1, 0.15) is 32.4 Å². The fraction of sp³-hybridized carbons (Fsp3) is 0.400. The molecule has 0 spiro atoms. The van der Waals surface area contributed by atoms with Gasteiger partial charge < -0.3 is 10.1 Å². The maximum Gasteiger partial charge on any atom is 0.165 e. The molecule has 1 aromatic carbocycles. The van der Waals surface area contributed by atoms with Gasteiger partial charge in [0.15, 0.2) is 5.75 Å². The molecule has 108 valence electrons. The Hall–Kier alpha value is -1.33. The van der Waals surface area contributed by atoms with E-state index in [0.717, 1.165) is 29.1 Å². The zero-order valence-corrected chi connectivity index (χ0v) is 13.6. The molecule has 2 aromatic rings. The summed E-state index contributed by atoms with van der Waals surface area (Å²) >= 11 is 3.57. The molecular weight excluding hydrogens is 318 g/mol. The standard InChI is InChI=1S/C15H20BrN3O/c1-4-17-11(3)12-6-7-15(14(16)8-12)20-13-9-18-19(5-2)10-13/h6-11,17H,4-5H2,1-3H3. The summed E-state index contributed by atoms with van der Waals surface area (Å²) in [7, 11) is 0. The summed E-state index contributed by atoms with van der Waals surface area (Å²) in [6.45, 7) is 8.09. The smallest absolute Gasteiger partial charge is 0.165 e. The summed E-state index contributed by atoms with van der Waals surface area (Å²) in [6.07, 6.45) is 3.62. The van der Waals surface area contributed by atoms with E-state index < -0.39 is 0 Å². The number of ether oxygens (including phenoxy) is 1. The van der Waals surface area contributed by atoms with Crippen LogP contribution in [-0.4, -0.2) is 16.3 Å². The predicted molar refractivity (Wildman–Crippen MR) is 84.2 cm³/mol. The van der Waals surface area contributed by atoms with Gasteiger partial charge in [0.25, 0.3) is 0 Å². The van der Waals surface area contributed by atoms with Crippen molar-refractivity contribution in [2.24, 2.45) is 0 Å². The van der Waals surface area contributed by atoms with Gasteiger partial charge >= 0.3 is 0 Å². The van der Waals surface area contributed by atoms with Gasteiger partial charge in [-0.05, 0) is 54.0 Å². The maximum atomic E-state index is 5.84. The summed E-state index contributed by atoms with van der Waals surface area (Å²) in [5.41, 5.74) is 1.23. The molecule has 0 saturated carbocycles. The summed E-state index contributed by atoms with van der Waals surface area (Å²) in [5.74, 6) is 1.55. The van der Waals surface area contributed by atoms with Crippen molar-refractivity contribution in [1.82, 2.24) is 15.1 Å². The molecule has 0 aliphatic rings. The molecule has 20 heavy (non-hydrogen) atoms. The van der Waals surface area contributed by atoms with Gasteiger partial charge in [-0.15, -0.1) is 0 Å². The van der Waals surface area contributed by atoms with Crippen LogP contribution in [0.5, 0.6) is 11.5 Å². The Morgan fingerprint density at radius 2 is 2.20 bits per heavy atom. The lowest BCUT2D eigenvalue weighted by Crippen LogP contribution is -2.17. The van der Waals surface area contributed by atoms with Crippen molar-refractivity contribution in [3.8, 4) is 11.5 Å². The molecule has 0 amide bonds. The van der Waals surface area contributed by atoms with Crippen molar-refractivity contribution in [3.63, 3.8) is 0 Å². The molecule has 0 bridgehead atoms. The van der Waals surface area contributed by atoms with E-state index in [1.807, 2.05) is 23.9 Å². The van der Waals surface area contributed by atoms with E-state index >= 15 is 0 Å². The maximum absolute atomic E-state index is 5.84. The highest BCUT2D eigenvalue weighted by Gasteiger charge is 2.09. The van der Waals surface area contributed by atoms with Gasteiger partial charge in [-0.25, -0.2) is 0 Å². The molecule has 0 radical (unpaired) electrons. The summed E-state index contributed by atoms with van der Waals surface area (Å²) in [5, 5.41) is 7.59. The van der Waals surface area contributed by atoms with Gasteiger partial charge in [-0.2, -0.15) is 5.10 Å². The largest absolute Gasteiger partial charge is 0.453 e. The molecule has 0 aliphatic carbocycles. The van der Waals surface area contributed by atoms with Crippen LogP contribution in [0.2, 0.25) is 0 Å². The van der Waals surface area contributed by atoms with Gasteiger partial charge in [0.2, 0.25) is 0 Å². The number of hydrogen-bond acceptors (Lipinski definition) is 3. The Balaban J connectivity index is 2.13. The molecule has 1 aromatic heterocycles. The number of hydrogen-bond donors (Lipinski definition) is 1. The molecule has 1 heterocycles. The Morgan fingerprint density at radius 3 is 2.80 bits per heavy atom. The monoisotopic (exact) mass is 337 g/mol. The molecule has 2 rings (SSSR count). The van der Waals surface area contributed by atoms with Crippen molar-refractivity contribution in [2.75, 3.05) is 6.54 Å². The molecule has 5 heteroatoms. The Labute approximate surface area is 128 Å². The zero-order valence-electron chi connectivity index (χ0n) is 12.1. The van der Waals surface area contributed by atoms with Crippen molar-refractivity contribution in [3.05, 3.63) is 40.6 Å². The number of benzene rings is 1. The van der Waals surface area contributed by atoms with Crippen LogP contribution in [0.3, 0.4) is 0 Å². The third-order valence-electron chi connectivity index (χ3n) is 3.13. The quantitative estimate of drug-likeness (QED) is 0.861. The molecule has 0 fully saturated rings. The first kappa shape index (κ1) is 15.1. The number of aromatic nitrogens is 2. The van der Waals surface area contributed by atoms with E-state index in [0.29, 0.717) is 6.04 Å². The van der Waals surface area contributed by atoms with Gasteiger partial charge in [-0.3, -0.25) is 4.68 Å². The minimum Gasteiger partial charge on any atom is -0.453 e. The average molecular weight is 338 g/mol. The highest BCUT2D eigenvalue weighted by atomic mass is 79.9. The lowest BCUT2D eigenvalue weighted by Gasteiger charge is -2.14. The lowest BCUT2D eigenvalue weighted by atomic mass is 10.1. The molecule has 4 nitrogen and oxygen atoms in total. The summed E-state index contributed by atoms with van der Waals surface area (Å²) in [6, 6.07) is 6.48. The topological polar surface area (TPSA) is 39.1 Å². The van der Waals surface area contributed by atoms with E-state index in [4.69, 9.17) is 4.74 Å². The Kier molecular flexibility index (Phi) is 5.20. The Bertz CT molecular complexity index is 568. The number of halogens is 1. The first-order valence-corrected chi connectivity index (χ1v) is 7.66. The molecule has 1 unspecified atom stereocenters. The lowest BCUT2D eigenvalue weighted by molar-refractivity contribution is 0.477. The normalized spacial score (nSPS) is 12.4. The number of rotatable bonds is 6. The van der Waals surface area contributed by atoms with E-state index in [9.17, 15) is 0 Å². The number of nitrogens with one attached hydrogen (secondary N) is 1. The van der Waals surface area contributed by atoms with Crippen molar-refractivity contribution in [1.29, 1.82) is 0 Å². The van der Waals surface area contributed by atoms with E-state index in [1.54, 1.807) is 6.20 Å². The minimum atomic E-state index is 0.327. The first-order chi connectivity index (χ1) is 9.63. The fourth-order valence-corrected chi connectivity index (χ4v) is 2.47. The molecular formula is C15H20BrN3O. The van der Waals surface area contributed by atoms with E-state index in [1.165, 1.54) is 5.56 Å². The second kappa shape index (κ2) is 6.90. The predicted octanol–water partition coefficient (Wildman–Crippen LogP) is 4.13. The van der Waals surface area contributed by atoms with Crippen LogP contribution < -0.4 is 10.1 Å². The van der Waals surface area contributed by atoms with Crippen molar-refractivity contribution in [2.45, 2.75) is 33.4 Å². The first-order valence-electron chi connectivity index (χ1n) is 6.87. The van der Waals surface area contributed by atoms with E-state index in [-0.39, 0.29) is 0 Å². The minimum absolute atomic E-state index is 0.327. The average Bonchev–Trinajstić information content (AvgIpc) is 2.89. The zero-order chi connectivity index (χ0) is 14.5. The fourth-order valence-electron chi connectivity index (χ4n) is 1.99. The van der Waals surface area contributed by atoms with Crippen LogP contribution in [0, 0.1) is 0 Å². The Morgan fingerprint density at radius 1 is 1.40 bits per heavy atom. The molecule has 0 aliphatic heterocycles. The van der Waals surface area contributed by atoms with Crippen molar-refractivity contribution < 1.29 is 4.74 Å². The third-order valence-corrected chi connectivity index (χ3v) is 3.75. The highest BCUT2D eigenvalue weighted by Crippen LogP contribution is 2.31. The second-order valence-electron chi connectivity index (χ2n) is 4.60. The van der Waals surface area contributed by atoms with Crippen LogP contribution in [-0.2, 0) is 6.54 Å². The van der Waals surface area contributed by atoms with Crippen LogP contribution >= 0.6 is 15.9 Å². The van der Waals surface area contributed by atoms with Gasteiger partial charge in [-0.1, -0.05) is 13.0 Å². The van der Waals surface area contributed by atoms with Gasteiger partial charge in [0, 0.05) is 12.6 Å². The summed E-state index contributed by atoms with van der Waals surface area (Å²) in [4.78, 5) is 0. The third kappa shape index (κ3) is 3.61. The molecule has 1 N–H and O–H groups in total. The van der Waals surface area contributed by atoms with E-state index in [2.05, 4.69) is 52.3 Å². The number of aryl methyl sites for hydroxylation is 1. The van der Waals surface area contributed by atoms with Crippen LogP contribution in [0.15, 0.2) is 35.1 Å². The molecule has 0 saturated heterocycles. The van der Waals surface area contributed by atoms with Gasteiger partial charge in [0.05, 0.1) is 16.9 Å². The second-order valence-corrected chi connectivity index (χ2v) is 5.46. The SMILES string of the molecule is CCNC(C)c1ccc(Oc2cnn(CC)c2)c(Br)c1. The molecule has 1 atom stereocenters. The highest BCUT2D eigenvalue weighted by molar-refractivity contribution is 9.10. The van der Waals surface area contributed by atoms with Crippen LogP contribution in [0.25, 0.3) is 0 Å². The van der Waals surface area contributed by atoms with Crippen molar-refractivity contribution >= 4 is 15.9 Å². The van der Waals surface area contributed by atoms with Gasteiger partial charge in [0.1, 0.15) is 5.75 Å². The number of nitrogens with zero attached hydrogens (tertiary/aromatic N) is 2.